The van der Waals surface area contributed by atoms with Gasteiger partial charge in [0.25, 0.3) is 10.2 Å². The van der Waals surface area contributed by atoms with Crippen LogP contribution in [0.2, 0.25) is 0 Å². The normalized spacial score (nSPS) is 29.3. The van der Waals surface area contributed by atoms with Gasteiger partial charge in [-0.1, -0.05) is 25.2 Å². The molecule has 3 aromatic heterocycles. The lowest BCUT2D eigenvalue weighted by atomic mass is 9.78. The zero-order valence-electron chi connectivity index (χ0n) is 21.3. The Balaban J connectivity index is 1.24. The van der Waals surface area contributed by atoms with E-state index in [9.17, 15) is 13.5 Å². The maximum Gasteiger partial charge on any atom is 0.279 e. The number of aliphatic hydroxyl groups is 2. The molecule has 38 heavy (non-hydrogen) atoms. The number of anilines is 1. The summed E-state index contributed by atoms with van der Waals surface area (Å²) in [6.45, 7) is 5.30. The second-order valence-electron chi connectivity index (χ2n) is 11.2. The average molecular weight is 564 g/mol. The molecule has 2 saturated heterocycles. The molecule has 0 aromatic carbocycles. The van der Waals surface area contributed by atoms with Crippen molar-refractivity contribution in [2.45, 2.75) is 38.3 Å². The minimum absolute atomic E-state index is 0.0189. The summed E-state index contributed by atoms with van der Waals surface area (Å²) < 4.78 is 34.6. The van der Waals surface area contributed by atoms with Gasteiger partial charge < -0.3 is 25.3 Å². The van der Waals surface area contributed by atoms with Crippen molar-refractivity contribution in [2.24, 2.45) is 17.3 Å². The van der Waals surface area contributed by atoms with Gasteiger partial charge in [0.2, 0.25) is 0 Å². The molecule has 3 fully saturated rings. The third kappa shape index (κ3) is 4.31. The van der Waals surface area contributed by atoms with Crippen LogP contribution in [0.4, 0.5) is 5.69 Å². The zero-order chi connectivity index (χ0) is 26.7. The summed E-state index contributed by atoms with van der Waals surface area (Å²) in [5.41, 5.74) is 0.797. The number of ether oxygens (including phenoxy) is 1. The molecule has 1 aliphatic carbocycles. The van der Waals surface area contributed by atoms with Gasteiger partial charge in [-0.15, -0.1) is 10.2 Å². The minimum atomic E-state index is -3.58. The van der Waals surface area contributed by atoms with Gasteiger partial charge in [-0.3, -0.25) is 0 Å². The number of aromatic amines is 1. The first-order valence-corrected chi connectivity index (χ1v) is 15.1. The number of hydrogen-bond acceptors (Lipinski definition) is 10. The highest BCUT2D eigenvalue weighted by atomic mass is 32.2. The average Bonchev–Trinajstić information content (AvgIpc) is 3.67. The number of fused-ring (bicyclic) bond motifs is 2. The fourth-order valence-electron chi connectivity index (χ4n) is 5.99. The summed E-state index contributed by atoms with van der Waals surface area (Å²) in [4.78, 5) is 7.75. The first-order valence-electron chi connectivity index (χ1n) is 12.8. The molecular weight excluding hydrogens is 530 g/mol. The van der Waals surface area contributed by atoms with Gasteiger partial charge in [0.1, 0.15) is 11.2 Å². The van der Waals surface area contributed by atoms with Gasteiger partial charge in [0.15, 0.2) is 10.0 Å². The first-order chi connectivity index (χ1) is 18.1. The number of nitrogens with one attached hydrogen (secondary N) is 3. The highest BCUT2D eigenvalue weighted by Gasteiger charge is 2.52. The van der Waals surface area contributed by atoms with Crippen LogP contribution in [-0.2, 0) is 20.5 Å². The summed E-state index contributed by atoms with van der Waals surface area (Å²) in [5.74, 6) is 0.523. The van der Waals surface area contributed by atoms with Crippen molar-refractivity contribution >= 4 is 38.3 Å². The van der Waals surface area contributed by atoms with Crippen LogP contribution >= 0.6 is 11.3 Å². The Morgan fingerprint density at radius 2 is 2.00 bits per heavy atom. The van der Waals surface area contributed by atoms with Crippen LogP contribution in [0.1, 0.15) is 31.7 Å². The molecule has 4 atom stereocenters. The van der Waals surface area contributed by atoms with Gasteiger partial charge >= 0.3 is 0 Å². The quantitative estimate of drug-likeness (QED) is 0.271. The molecule has 3 aromatic rings. The van der Waals surface area contributed by atoms with Gasteiger partial charge in [-0.25, -0.2) is 4.98 Å². The number of H-pyrrole nitrogens is 1. The van der Waals surface area contributed by atoms with E-state index in [2.05, 4.69) is 30.2 Å². The van der Waals surface area contributed by atoms with E-state index < -0.39 is 21.2 Å². The lowest BCUT2D eigenvalue weighted by molar-refractivity contribution is -0.0388. The smallest absolute Gasteiger partial charge is 0.279 e. The minimum Gasteiger partial charge on any atom is -0.395 e. The van der Waals surface area contributed by atoms with Gasteiger partial charge in [0, 0.05) is 48.9 Å². The Morgan fingerprint density at radius 1 is 1.24 bits per heavy atom. The Bertz CT molecular complexity index is 1430. The second-order valence-corrected chi connectivity index (χ2v) is 13.9. The SMILES string of the molecule is CC1(C)COCC1(O)c1nnc(-c2cnc3[nH]ccc3c2NC2C[C@@H]3CN(S(=O)(=O)NCCO)C[C@@H]3C2)s1. The molecule has 5 heterocycles. The third-order valence-electron chi connectivity index (χ3n) is 8.29. The van der Waals surface area contributed by atoms with Crippen molar-refractivity contribution in [1.82, 2.24) is 29.2 Å². The number of aromatic nitrogens is 4. The van der Waals surface area contributed by atoms with Crippen molar-refractivity contribution < 1.29 is 23.4 Å². The van der Waals surface area contributed by atoms with Crippen LogP contribution in [-0.4, -0.2) is 88.6 Å². The lowest BCUT2D eigenvalue weighted by Crippen LogP contribution is -2.41. The van der Waals surface area contributed by atoms with E-state index in [1.165, 1.54) is 15.6 Å². The van der Waals surface area contributed by atoms with Crippen LogP contribution < -0.4 is 10.0 Å². The Kier molecular flexibility index (Phi) is 6.49. The van der Waals surface area contributed by atoms with Crippen molar-refractivity contribution in [2.75, 3.05) is 44.8 Å². The Hall–Kier alpha value is -2.20. The molecule has 14 heteroatoms. The van der Waals surface area contributed by atoms with E-state index in [4.69, 9.17) is 9.84 Å². The molecule has 5 N–H and O–H groups in total. The predicted octanol–water partition coefficient (Wildman–Crippen LogP) is 1.27. The molecule has 0 radical (unpaired) electrons. The number of hydrogen-bond donors (Lipinski definition) is 5. The van der Waals surface area contributed by atoms with Crippen LogP contribution in [0.25, 0.3) is 21.6 Å². The van der Waals surface area contributed by atoms with Gasteiger partial charge in [-0.2, -0.15) is 17.4 Å². The highest BCUT2D eigenvalue weighted by molar-refractivity contribution is 7.87. The maximum absolute atomic E-state index is 12.5. The Morgan fingerprint density at radius 3 is 2.68 bits per heavy atom. The fourth-order valence-corrected chi connectivity index (χ4v) is 8.41. The molecule has 2 aliphatic heterocycles. The molecule has 1 saturated carbocycles. The summed E-state index contributed by atoms with van der Waals surface area (Å²) in [5, 5.41) is 35.1. The Labute approximate surface area is 225 Å². The van der Waals surface area contributed by atoms with E-state index in [0.717, 1.165) is 35.1 Å². The maximum atomic E-state index is 12.5. The first kappa shape index (κ1) is 26.0. The zero-order valence-corrected chi connectivity index (χ0v) is 23.0. The van der Waals surface area contributed by atoms with Crippen molar-refractivity contribution in [3.05, 3.63) is 23.5 Å². The molecule has 6 rings (SSSR count). The summed E-state index contributed by atoms with van der Waals surface area (Å²) in [7, 11) is -3.58. The lowest BCUT2D eigenvalue weighted by Gasteiger charge is -2.31. The molecule has 0 amide bonds. The molecule has 0 bridgehead atoms. The van der Waals surface area contributed by atoms with Gasteiger partial charge in [0.05, 0.1) is 31.1 Å². The van der Waals surface area contributed by atoms with Gasteiger partial charge in [-0.05, 0) is 30.7 Å². The molecule has 3 aliphatic rings. The number of nitrogens with zero attached hydrogens (tertiary/aromatic N) is 4. The van der Waals surface area contributed by atoms with E-state index >= 15 is 0 Å². The van der Waals surface area contributed by atoms with E-state index in [-0.39, 0.29) is 37.6 Å². The third-order valence-corrected chi connectivity index (χ3v) is 10.9. The van der Waals surface area contributed by atoms with Crippen molar-refractivity contribution in [3.63, 3.8) is 0 Å². The van der Waals surface area contributed by atoms with Crippen LogP contribution in [0.3, 0.4) is 0 Å². The van der Waals surface area contributed by atoms with E-state index in [1.54, 1.807) is 6.20 Å². The van der Waals surface area contributed by atoms with Crippen molar-refractivity contribution in [1.29, 1.82) is 0 Å². The number of pyridine rings is 1. The van der Waals surface area contributed by atoms with Crippen LogP contribution in [0, 0.1) is 17.3 Å². The highest BCUT2D eigenvalue weighted by Crippen LogP contribution is 2.48. The van der Waals surface area contributed by atoms with Crippen molar-refractivity contribution in [3.8, 4) is 10.6 Å². The van der Waals surface area contributed by atoms with E-state index in [0.29, 0.717) is 29.7 Å². The molecule has 2 unspecified atom stereocenters. The summed E-state index contributed by atoms with van der Waals surface area (Å²) in [6, 6.07) is 2.15. The number of aliphatic hydroxyl groups excluding tert-OH is 1. The van der Waals surface area contributed by atoms with E-state index in [1.807, 2.05) is 26.1 Å². The largest absolute Gasteiger partial charge is 0.395 e. The monoisotopic (exact) mass is 563 g/mol. The topological polar surface area (TPSA) is 166 Å². The van der Waals surface area contributed by atoms with Crippen LogP contribution in [0.15, 0.2) is 18.5 Å². The molecule has 12 nitrogen and oxygen atoms in total. The predicted molar refractivity (Wildman–Crippen MR) is 143 cm³/mol. The van der Waals surface area contributed by atoms with Crippen LogP contribution in [0.5, 0.6) is 0 Å². The second kappa shape index (κ2) is 9.47. The fraction of sp³-hybridized carbons (Fsp3) is 0.625. The molecule has 206 valence electrons. The number of rotatable bonds is 8. The molecular formula is C24H33N7O5S2. The summed E-state index contributed by atoms with van der Waals surface area (Å²) >= 11 is 1.35. The summed E-state index contributed by atoms with van der Waals surface area (Å²) in [6.07, 6.45) is 5.32. The molecule has 0 spiro atoms. The standard InChI is InChI=1S/C24H33N7O5S2/c1-23(2)12-36-13-24(23,33)22-30-29-21(37-22)18-9-26-20-17(3-4-25-20)19(18)28-16-7-14-10-31(11-15(14)8-16)38(34,35)27-5-6-32/h3-4,9,14-16,27,32-33H,5-8,10-13H2,1-2H3,(H2,25,26,28)/t14-,15+,16?,24?.